The monoisotopic (exact) mass is 286 g/mol. The molecule has 0 bridgehead atoms. The number of hydrogen-bond donors (Lipinski definition) is 2. The second-order valence-electron chi connectivity index (χ2n) is 5.20. The first-order chi connectivity index (χ1) is 10.2. The molecule has 2 unspecified atom stereocenters. The third-order valence-corrected chi connectivity index (χ3v) is 3.47. The lowest BCUT2D eigenvalue weighted by molar-refractivity contribution is 0.228. The van der Waals surface area contributed by atoms with Crippen LogP contribution in [0, 0.1) is 0 Å². The van der Waals surface area contributed by atoms with Gasteiger partial charge >= 0.3 is 6.03 Å². The van der Waals surface area contributed by atoms with Gasteiger partial charge in [0.25, 0.3) is 0 Å². The van der Waals surface area contributed by atoms with Gasteiger partial charge in [-0.15, -0.1) is 0 Å². The Kier molecular flexibility index (Phi) is 3.81. The lowest BCUT2D eigenvalue weighted by Crippen LogP contribution is -2.43. The average Bonchev–Trinajstić information content (AvgIpc) is 3.09. The largest absolute Gasteiger partial charge is 0.491 e. The number of urea groups is 1. The normalized spacial score (nSPS) is 17.7. The fourth-order valence-electron chi connectivity index (χ4n) is 2.49. The van der Waals surface area contributed by atoms with Crippen LogP contribution >= 0.6 is 0 Å². The molecule has 0 aliphatic carbocycles. The second-order valence-corrected chi connectivity index (χ2v) is 5.20. The second kappa shape index (κ2) is 5.91. The van der Waals surface area contributed by atoms with Crippen LogP contribution in [0.5, 0.6) is 5.75 Å². The number of carbonyl (C=O) groups excluding carboxylic acids is 1. The van der Waals surface area contributed by atoms with E-state index >= 15 is 0 Å². The molecule has 2 N–H and O–H groups in total. The molecule has 2 aromatic rings. The average molecular weight is 286 g/mol. The first-order valence-electron chi connectivity index (χ1n) is 7.03. The van der Waals surface area contributed by atoms with Crippen molar-refractivity contribution in [3.05, 3.63) is 54.0 Å². The van der Waals surface area contributed by atoms with Gasteiger partial charge in [0.2, 0.25) is 0 Å². The fourth-order valence-corrected chi connectivity index (χ4v) is 2.49. The molecule has 1 aliphatic heterocycles. The van der Waals surface area contributed by atoms with E-state index in [4.69, 9.17) is 9.15 Å². The first kappa shape index (κ1) is 13.5. The predicted molar refractivity (Wildman–Crippen MR) is 78.2 cm³/mol. The number of fused-ring (bicyclic) bond motifs is 1. The molecule has 0 radical (unpaired) electrons. The van der Waals surface area contributed by atoms with Crippen LogP contribution in [0.1, 0.15) is 24.3 Å². The molecule has 0 saturated heterocycles. The molecule has 1 aromatic heterocycles. The minimum Gasteiger partial charge on any atom is -0.491 e. The molecule has 5 nitrogen and oxygen atoms in total. The maximum absolute atomic E-state index is 12.0. The Morgan fingerprint density at radius 3 is 3.00 bits per heavy atom. The van der Waals surface area contributed by atoms with Crippen LogP contribution in [0.2, 0.25) is 0 Å². The smallest absolute Gasteiger partial charge is 0.315 e. The summed E-state index contributed by atoms with van der Waals surface area (Å²) in [5.74, 6) is 1.70. The van der Waals surface area contributed by atoms with Crippen molar-refractivity contribution in [2.75, 3.05) is 6.61 Å². The van der Waals surface area contributed by atoms with Crippen LogP contribution in [0.4, 0.5) is 4.79 Å². The quantitative estimate of drug-likeness (QED) is 0.908. The van der Waals surface area contributed by atoms with Crippen LogP contribution in [0.3, 0.4) is 0 Å². The molecule has 21 heavy (non-hydrogen) atoms. The van der Waals surface area contributed by atoms with E-state index < -0.39 is 0 Å². The molecule has 2 heterocycles. The summed E-state index contributed by atoms with van der Waals surface area (Å²) in [4.78, 5) is 12.0. The zero-order valence-corrected chi connectivity index (χ0v) is 11.8. The predicted octanol–water partition coefficient (Wildman–Crippen LogP) is 2.64. The Balaban J connectivity index is 1.53. The highest BCUT2D eigenvalue weighted by atomic mass is 16.5. The van der Waals surface area contributed by atoms with Crippen molar-refractivity contribution < 1.29 is 13.9 Å². The molecule has 0 spiro atoms. The molecule has 0 fully saturated rings. The molecule has 1 aromatic carbocycles. The van der Waals surface area contributed by atoms with Crippen molar-refractivity contribution in [1.29, 1.82) is 0 Å². The highest BCUT2D eigenvalue weighted by Crippen LogP contribution is 2.31. The fraction of sp³-hybridized carbons (Fsp3) is 0.312. The van der Waals surface area contributed by atoms with Gasteiger partial charge < -0.3 is 19.8 Å². The summed E-state index contributed by atoms with van der Waals surface area (Å²) < 4.78 is 10.8. The third kappa shape index (κ3) is 3.18. The summed E-state index contributed by atoms with van der Waals surface area (Å²) in [6, 6.07) is 11.2. The van der Waals surface area contributed by atoms with Crippen LogP contribution in [0.25, 0.3) is 0 Å². The van der Waals surface area contributed by atoms with Crippen LogP contribution in [-0.4, -0.2) is 18.7 Å². The van der Waals surface area contributed by atoms with Crippen molar-refractivity contribution in [2.24, 2.45) is 0 Å². The molecule has 0 saturated carbocycles. The van der Waals surface area contributed by atoms with Crippen molar-refractivity contribution in [3.8, 4) is 5.75 Å². The van der Waals surface area contributed by atoms with Crippen molar-refractivity contribution >= 4 is 6.03 Å². The van der Waals surface area contributed by atoms with E-state index in [0.29, 0.717) is 13.0 Å². The standard InChI is InChI=1S/C16H18N2O3/c1-11(9-12-5-4-8-20-12)17-16(19)18-14-10-21-15-7-3-2-6-13(14)15/h2-8,11,14H,9-10H2,1H3,(H2,17,18,19). The van der Waals surface area contributed by atoms with Gasteiger partial charge in [-0.3, -0.25) is 0 Å². The minimum absolute atomic E-state index is 0.00582. The summed E-state index contributed by atoms with van der Waals surface area (Å²) in [6.45, 7) is 2.42. The van der Waals surface area contributed by atoms with Crippen LogP contribution in [-0.2, 0) is 6.42 Å². The number of para-hydroxylation sites is 1. The summed E-state index contributed by atoms with van der Waals surface area (Å²) in [7, 11) is 0. The number of furan rings is 1. The maximum Gasteiger partial charge on any atom is 0.315 e. The van der Waals surface area contributed by atoms with E-state index in [1.807, 2.05) is 43.3 Å². The summed E-state index contributed by atoms with van der Waals surface area (Å²) in [6.07, 6.45) is 2.30. The number of benzene rings is 1. The van der Waals surface area contributed by atoms with Crippen molar-refractivity contribution in [2.45, 2.75) is 25.4 Å². The molecule has 5 heteroatoms. The molecule has 2 atom stereocenters. The first-order valence-corrected chi connectivity index (χ1v) is 7.03. The van der Waals surface area contributed by atoms with Gasteiger partial charge in [-0.05, 0) is 25.1 Å². The van der Waals surface area contributed by atoms with Gasteiger partial charge in [0.1, 0.15) is 18.1 Å². The zero-order chi connectivity index (χ0) is 14.7. The highest BCUT2D eigenvalue weighted by Gasteiger charge is 2.25. The van der Waals surface area contributed by atoms with Crippen molar-refractivity contribution in [3.63, 3.8) is 0 Å². The number of rotatable bonds is 4. The van der Waals surface area contributed by atoms with Crippen LogP contribution < -0.4 is 15.4 Å². The van der Waals surface area contributed by atoms with Gasteiger partial charge in [-0.2, -0.15) is 0 Å². The third-order valence-electron chi connectivity index (χ3n) is 3.47. The summed E-state index contributed by atoms with van der Waals surface area (Å²) in [5.41, 5.74) is 1.02. The Bertz CT molecular complexity index is 610. The molecule has 110 valence electrons. The van der Waals surface area contributed by atoms with E-state index in [2.05, 4.69) is 10.6 Å². The number of ether oxygens (including phenoxy) is 1. The SMILES string of the molecule is CC(Cc1ccco1)NC(=O)NC1COc2ccccc21. The summed E-state index contributed by atoms with van der Waals surface area (Å²) in [5, 5.41) is 5.85. The van der Waals surface area contributed by atoms with Gasteiger partial charge in [0, 0.05) is 18.0 Å². The number of amides is 2. The van der Waals surface area contributed by atoms with E-state index in [0.717, 1.165) is 17.1 Å². The number of carbonyl (C=O) groups is 1. The molecular formula is C16H18N2O3. The van der Waals surface area contributed by atoms with Gasteiger partial charge in [0.05, 0.1) is 12.3 Å². The Morgan fingerprint density at radius 1 is 1.33 bits per heavy atom. The maximum atomic E-state index is 12.0. The van der Waals surface area contributed by atoms with Crippen molar-refractivity contribution in [1.82, 2.24) is 10.6 Å². The Hall–Kier alpha value is -2.43. The van der Waals surface area contributed by atoms with E-state index in [9.17, 15) is 4.79 Å². The van der Waals surface area contributed by atoms with E-state index in [1.54, 1.807) is 6.26 Å². The molecular weight excluding hydrogens is 268 g/mol. The zero-order valence-electron chi connectivity index (χ0n) is 11.8. The van der Waals surface area contributed by atoms with Gasteiger partial charge in [-0.25, -0.2) is 4.79 Å². The topological polar surface area (TPSA) is 63.5 Å². The lowest BCUT2D eigenvalue weighted by Gasteiger charge is -2.16. The Morgan fingerprint density at radius 2 is 2.19 bits per heavy atom. The van der Waals surface area contributed by atoms with Gasteiger partial charge in [0.15, 0.2) is 0 Å². The molecule has 2 amide bonds. The molecule has 3 rings (SSSR count). The molecule has 1 aliphatic rings. The van der Waals surface area contributed by atoms with Crippen LogP contribution in [0.15, 0.2) is 47.1 Å². The van der Waals surface area contributed by atoms with Gasteiger partial charge in [-0.1, -0.05) is 18.2 Å². The number of nitrogens with one attached hydrogen (secondary N) is 2. The van der Waals surface area contributed by atoms with E-state index in [-0.39, 0.29) is 18.1 Å². The minimum atomic E-state index is -0.195. The number of hydrogen-bond acceptors (Lipinski definition) is 3. The van der Waals surface area contributed by atoms with E-state index in [1.165, 1.54) is 0 Å². The Labute approximate surface area is 123 Å². The summed E-state index contributed by atoms with van der Waals surface area (Å²) >= 11 is 0. The lowest BCUT2D eigenvalue weighted by atomic mass is 10.1. The highest BCUT2D eigenvalue weighted by molar-refractivity contribution is 5.75.